The highest BCUT2D eigenvalue weighted by atomic mass is 79.9. The molecular weight excluding hydrogens is 548 g/mol. The van der Waals surface area contributed by atoms with Gasteiger partial charge >= 0.3 is 0 Å². The first-order valence-electron chi connectivity index (χ1n) is 11.3. The highest BCUT2D eigenvalue weighted by Gasteiger charge is 2.27. The molecular formula is C27H26BrClN2O3S. The third-order valence-corrected chi connectivity index (χ3v) is 7.47. The molecule has 1 atom stereocenters. The zero-order valence-corrected chi connectivity index (χ0v) is 22.6. The van der Waals surface area contributed by atoms with E-state index >= 15 is 0 Å². The Morgan fingerprint density at radius 3 is 2.54 bits per heavy atom. The SMILES string of the molecule is CCOc1cc(/C=C2\S[C@H](Nc3ccc(CC)cc3)NC2=O)c(Br)cc1OCc1ccccc1Cl. The molecule has 0 saturated carbocycles. The van der Waals surface area contributed by atoms with Gasteiger partial charge in [-0.05, 0) is 60.9 Å². The molecule has 3 aromatic carbocycles. The molecule has 8 heteroatoms. The monoisotopic (exact) mass is 572 g/mol. The molecule has 3 aromatic rings. The van der Waals surface area contributed by atoms with Crippen molar-refractivity contribution in [1.29, 1.82) is 0 Å². The first kappa shape index (κ1) is 25.5. The molecule has 1 fully saturated rings. The Morgan fingerprint density at radius 1 is 1.09 bits per heavy atom. The smallest absolute Gasteiger partial charge is 0.260 e. The fourth-order valence-electron chi connectivity index (χ4n) is 3.51. The molecule has 35 heavy (non-hydrogen) atoms. The van der Waals surface area contributed by atoms with E-state index < -0.39 is 0 Å². The molecule has 182 valence electrons. The van der Waals surface area contributed by atoms with Gasteiger partial charge in [0.2, 0.25) is 0 Å². The number of rotatable bonds is 9. The minimum absolute atomic E-state index is 0.124. The standard InChI is InChI=1S/C27H26BrClN2O3S/c1-3-17-9-11-20(12-10-17)30-27-31-26(32)25(35-27)14-19-13-23(33-4-2)24(15-21(19)28)34-16-18-7-5-6-8-22(18)29/h5-15,27,30H,3-4,16H2,1-2H3,(H,31,32)/b25-14-/t27-/m1/s1. The Hall–Kier alpha value is -2.61. The third kappa shape index (κ3) is 6.54. The number of hydrogen-bond donors (Lipinski definition) is 2. The quantitative estimate of drug-likeness (QED) is 0.264. The number of carbonyl (C=O) groups is 1. The topological polar surface area (TPSA) is 59.6 Å². The van der Waals surface area contributed by atoms with Gasteiger partial charge in [-0.15, -0.1) is 0 Å². The fraction of sp³-hybridized carbons (Fsp3) is 0.222. The number of hydrogen-bond acceptors (Lipinski definition) is 5. The summed E-state index contributed by atoms with van der Waals surface area (Å²) in [6.45, 7) is 4.84. The molecule has 1 aliphatic rings. The van der Waals surface area contributed by atoms with Crippen molar-refractivity contribution in [3.8, 4) is 11.5 Å². The maximum absolute atomic E-state index is 12.6. The summed E-state index contributed by atoms with van der Waals surface area (Å²) in [4.78, 5) is 13.2. The summed E-state index contributed by atoms with van der Waals surface area (Å²) < 4.78 is 12.7. The number of anilines is 1. The van der Waals surface area contributed by atoms with Crippen LogP contribution in [0.2, 0.25) is 5.02 Å². The van der Waals surface area contributed by atoms with Gasteiger partial charge in [0.15, 0.2) is 17.0 Å². The second-order valence-electron chi connectivity index (χ2n) is 7.81. The van der Waals surface area contributed by atoms with Crippen LogP contribution in [-0.4, -0.2) is 18.0 Å². The molecule has 0 bridgehead atoms. The number of nitrogens with one attached hydrogen (secondary N) is 2. The number of amides is 1. The van der Waals surface area contributed by atoms with E-state index in [0.717, 1.165) is 27.7 Å². The lowest BCUT2D eigenvalue weighted by molar-refractivity contribution is -0.116. The van der Waals surface area contributed by atoms with E-state index in [1.165, 1.54) is 17.3 Å². The van der Waals surface area contributed by atoms with Crippen LogP contribution in [0.3, 0.4) is 0 Å². The third-order valence-electron chi connectivity index (χ3n) is 5.38. The average Bonchev–Trinajstić information content (AvgIpc) is 3.19. The summed E-state index contributed by atoms with van der Waals surface area (Å²) in [5.74, 6) is 1.07. The molecule has 5 nitrogen and oxygen atoms in total. The second-order valence-corrected chi connectivity index (χ2v) is 10.2. The molecule has 1 heterocycles. The molecule has 2 N–H and O–H groups in total. The minimum Gasteiger partial charge on any atom is -0.490 e. The van der Waals surface area contributed by atoms with Crippen molar-refractivity contribution >= 4 is 57.0 Å². The zero-order chi connectivity index (χ0) is 24.8. The van der Waals surface area contributed by atoms with Crippen LogP contribution in [0.1, 0.15) is 30.5 Å². The first-order chi connectivity index (χ1) is 17.0. The van der Waals surface area contributed by atoms with Crippen LogP contribution in [0.5, 0.6) is 11.5 Å². The van der Waals surface area contributed by atoms with E-state index in [2.05, 4.69) is 45.6 Å². The Bertz CT molecular complexity index is 1230. The van der Waals surface area contributed by atoms with Crippen molar-refractivity contribution in [1.82, 2.24) is 5.32 Å². The molecule has 1 saturated heterocycles. The van der Waals surface area contributed by atoms with Gasteiger partial charge in [-0.1, -0.05) is 76.5 Å². The summed E-state index contributed by atoms with van der Waals surface area (Å²) in [5.41, 5.74) is 3.70. The zero-order valence-electron chi connectivity index (χ0n) is 19.4. The Labute approximate surface area is 223 Å². The second kappa shape index (κ2) is 11.9. The lowest BCUT2D eigenvalue weighted by Gasteiger charge is -2.15. The van der Waals surface area contributed by atoms with Gasteiger partial charge in [0.05, 0.1) is 11.5 Å². The van der Waals surface area contributed by atoms with E-state index in [1.807, 2.05) is 61.5 Å². The van der Waals surface area contributed by atoms with Gasteiger partial charge in [-0.25, -0.2) is 0 Å². The van der Waals surface area contributed by atoms with Crippen LogP contribution in [0, 0.1) is 0 Å². The average molecular weight is 574 g/mol. The van der Waals surface area contributed by atoms with Gasteiger partial charge in [0, 0.05) is 20.7 Å². The predicted molar refractivity (Wildman–Crippen MR) is 148 cm³/mol. The number of halogens is 2. The van der Waals surface area contributed by atoms with Crippen LogP contribution in [0.4, 0.5) is 5.69 Å². The van der Waals surface area contributed by atoms with Crippen LogP contribution in [0.25, 0.3) is 6.08 Å². The largest absolute Gasteiger partial charge is 0.490 e. The van der Waals surface area contributed by atoms with Crippen molar-refractivity contribution in [2.24, 2.45) is 0 Å². The summed E-state index contributed by atoms with van der Waals surface area (Å²) in [6.07, 6.45) is 2.84. The molecule has 1 aliphatic heterocycles. The Kier molecular flexibility index (Phi) is 8.65. The van der Waals surface area contributed by atoms with E-state index in [9.17, 15) is 4.79 Å². The van der Waals surface area contributed by atoms with Crippen LogP contribution >= 0.6 is 39.3 Å². The van der Waals surface area contributed by atoms with Gasteiger partial charge in [-0.2, -0.15) is 0 Å². The van der Waals surface area contributed by atoms with Gasteiger partial charge in [0.1, 0.15) is 6.61 Å². The summed E-state index contributed by atoms with van der Waals surface area (Å²) in [5, 5.41) is 6.98. The van der Waals surface area contributed by atoms with E-state index in [4.69, 9.17) is 21.1 Å². The van der Waals surface area contributed by atoms with Gasteiger partial charge in [-0.3, -0.25) is 4.79 Å². The van der Waals surface area contributed by atoms with E-state index in [1.54, 1.807) is 0 Å². The van der Waals surface area contributed by atoms with Crippen molar-refractivity contribution < 1.29 is 14.3 Å². The van der Waals surface area contributed by atoms with Crippen molar-refractivity contribution in [2.45, 2.75) is 32.4 Å². The van der Waals surface area contributed by atoms with Crippen LogP contribution < -0.4 is 20.1 Å². The summed E-state index contributed by atoms with van der Waals surface area (Å²) >= 11 is 11.3. The van der Waals surface area contributed by atoms with Gasteiger partial charge < -0.3 is 20.1 Å². The minimum atomic E-state index is -0.246. The van der Waals surface area contributed by atoms with E-state index in [-0.39, 0.29) is 11.4 Å². The summed E-state index contributed by atoms with van der Waals surface area (Å²) in [6, 6.07) is 19.5. The molecule has 4 rings (SSSR count). The van der Waals surface area contributed by atoms with Crippen LogP contribution in [-0.2, 0) is 17.8 Å². The van der Waals surface area contributed by atoms with E-state index in [0.29, 0.717) is 34.6 Å². The Morgan fingerprint density at radius 2 is 1.83 bits per heavy atom. The summed E-state index contributed by atoms with van der Waals surface area (Å²) in [7, 11) is 0. The maximum atomic E-state index is 12.6. The normalized spacial score (nSPS) is 16.3. The van der Waals surface area contributed by atoms with Crippen molar-refractivity contribution in [3.05, 3.63) is 91.8 Å². The number of carbonyl (C=O) groups excluding carboxylic acids is 1. The lowest BCUT2D eigenvalue weighted by Crippen LogP contribution is -2.30. The van der Waals surface area contributed by atoms with Gasteiger partial charge in [0.25, 0.3) is 5.91 Å². The molecule has 0 aromatic heterocycles. The highest BCUT2D eigenvalue weighted by Crippen LogP contribution is 2.38. The molecule has 0 aliphatic carbocycles. The molecule has 0 unspecified atom stereocenters. The predicted octanol–water partition coefficient (Wildman–Crippen LogP) is 7.24. The van der Waals surface area contributed by atoms with Crippen LogP contribution in [0.15, 0.2) is 70.0 Å². The number of ether oxygens (including phenoxy) is 2. The molecule has 0 spiro atoms. The Balaban J connectivity index is 1.50. The lowest BCUT2D eigenvalue weighted by atomic mass is 10.1. The molecule has 1 amide bonds. The highest BCUT2D eigenvalue weighted by molar-refractivity contribution is 9.10. The number of thioether (sulfide) groups is 1. The van der Waals surface area contributed by atoms with Crippen molar-refractivity contribution in [3.63, 3.8) is 0 Å². The molecule has 0 radical (unpaired) electrons. The first-order valence-corrected chi connectivity index (χ1v) is 13.4. The fourth-order valence-corrected chi connectivity index (χ4v) is 5.11. The number of benzene rings is 3. The number of aryl methyl sites for hydroxylation is 1. The maximum Gasteiger partial charge on any atom is 0.260 e. The van der Waals surface area contributed by atoms with Crippen molar-refractivity contribution in [2.75, 3.05) is 11.9 Å².